The molecule has 0 aliphatic heterocycles. The third kappa shape index (κ3) is 2.67. The molecule has 0 amide bonds. The second-order valence-corrected chi connectivity index (χ2v) is 7.57. The number of rotatable bonds is 5. The Balaban J connectivity index is 2.39. The van der Waals surface area contributed by atoms with Gasteiger partial charge in [-0.05, 0) is 19.9 Å². The number of fused-ring (bicyclic) bond motifs is 1. The highest BCUT2D eigenvalue weighted by molar-refractivity contribution is 7.91. The van der Waals surface area contributed by atoms with Crippen LogP contribution in [0.15, 0.2) is 30.5 Å². The van der Waals surface area contributed by atoms with Crippen molar-refractivity contribution < 1.29 is 13.3 Å². The molecule has 20 heavy (non-hydrogen) atoms. The average Bonchev–Trinajstić information content (AvgIpc) is 2.79. The molecule has 0 saturated heterocycles. The smallest absolute Gasteiger partial charge is 0.293 e. The van der Waals surface area contributed by atoms with Gasteiger partial charge in [0.25, 0.3) is 5.69 Å². The molecule has 0 radical (unpaired) electrons. The van der Waals surface area contributed by atoms with Crippen LogP contribution < -0.4 is 0 Å². The van der Waals surface area contributed by atoms with Crippen LogP contribution in [0.2, 0.25) is 0 Å². The second-order valence-electron chi connectivity index (χ2n) is 4.90. The third-order valence-corrected chi connectivity index (χ3v) is 5.49. The van der Waals surface area contributed by atoms with Crippen molar-refractivity contribution in [2.45, 2.75) is 25.6 Å². The predicted octanol–water partition coefficient (Wildman–Crippen LogP) is 2.37. The van der Waals surface area contributed by atoms with Crippen molar-refractivity contribution in [2.24, 2.45) is 0 Å². The number of aryl methyl sites for hydroxylation is 1. The molecular weight excluding hydrogens is 280 g/mol. The Bertz CT molecular complexity index is 747. The minimum absolute atomic E-state index is 0.00514. The minimum atomic E-state index is -3.17. The van der Waals surface area contributed by atoms with E-state index >= 15 is 0 Å². The average molecular weight is 296 g/mol. The van der Waals surface area contributed by atoms with Gasteiger partial charge in [0, 0.05) is 24.2 Å². The zero-order valence-corrected chi connectivity index (χ0v) is 12.1. The van der Waals surface area contributed by atoms with E-state index in [1.165, 1.54) is 6.07 Å². The Hall–Kier alpha value is -1.89. The predicted molar refractivity (Wildman–Crippen MR) is 77.5 cm³/mol. The molecule has 0 fully saturated rings. The highest BCUT2D eigenvalue weighted by atomic mass is 32.2. The van der Waals surface area contributed by atoms with Gasteiger partial charge in [0.1, 0.15) is 5.52 Å². The lowest BCUT2D eigenvalue weighted by Crippen LogP contribution is -2.21. The molecule has 0 aliphatic rings. The number of nitro benzene ring substituents is 1. The van der Waals surface area contributed by atoms with Gasteiger partial charge in [-0.25, -0.2) is 8.42 Å². The SMILES string of the molecule is CC(C)S(=O)(=O)CCn1ccc2cccc([N+](=O)[O-])c21. The van der Waals surface area contributed by atoms with Gasteiger partial charge < -0.3 is 4.57 Å². The zero-order valence-electron chi connectivity index (χ0n) is 11.3. The summed E-state index contributed by atoms with van der Waals surface area (Å²) in [6, 6.07) is 6.57. The maximum atomic E-state index is 11.8. The number of non-ortho nitro benzene ring substituents is 1. The molecule has 0 spiro atoms. The first-order valence-electron chi connectivity index (χ1n) is 6.27. The number of aromatic nitrogens is 1. The van der Waals surface area contributed by atoms with E-state index in [1.54, 1.807) is 42.8 Å². The molecule has 0 saturated carbocycles. The number of para-hydroxylation sites is 1. The topological polar surface area (TPSA) is 82.2 Å². The van der Waals surface area contributed by atoms with Gasteiger partial charge in [0.15, 0.2) is 9.84 Å². The maximum absolute atomic E-state index is 11.8. The van der Waals surface area contributed by atoms with Crippen LogP contribution in [0, 0.1) is 10.1 Å². The van der Waals surface area contributed by atoms with E-state index in [0.717, 1.165) is 5.39 Å². The van der Waals surface area contributed by atoms with Crippen LogP contribution in [0.1, 0.15) is 13.8 Å². The summed E-state index contributed by atoms with van der Waals surface area (Å²) in [5.74, 6) is -0.0273. The maximum Gasteiger partial charge on any atom is 0.293 e. The number of hydrogen-bond acceptors (Lipinski definition) is 4. The van der Waals surface area contributed by atoms with E-state index in [2.05, 4.69) is 0 Å². The quantitative estimate of drug-likeness (QED) is 0.626. The highest BCUT2D eigenvalue weighted by Gasteiger charge is 2.19. The van der Waals surface area contributed by atoms with Gasteiger partial charge in [-0.1, -0.05) is 12.1 Å². The second kappa shape index (κ2) is 5.24. The Morgan fingerprint density at radius 3 is 2.60 bits per heavy atom. The fourth-order valence-corrected chi connectivity index (χ4v) is 2.96. The molecule has 0 bridgehead atoms. The monoisotopic (exact) mass is 296 g/mol. The van der Waals surface area contributed by atoms with E-state index in [9.17, 15) is 18.5 Å². The fourth-order valence-electron chi connectivity index (χ4n) is 2.04. The molecule has 0 N–H and O–H groups in total. The van der Waals surface area contributed by atoms with Gasteiger partial charge in [0.05, 0.1) is 15.9 Å². The lowest BCUT2D eigenvalue weighted by Gasteiger charge is -2.09. The Kier molecular flexibility index (Phi) is 3.80. The van der Waals surface area contributed by atoms with Crippen molar-refractivity contribution in [2.75, 3.05) is 5.75 Å². The van der Waals surface area contributed by atoms with Crippen LogP contribution in [0.25, 0.3) is 10.9 Å². The lowest BCUT2D eigenvalue weighted by molar-refractivity contribution is -0.383. The summed E-state index contributed by atoms with van der Waals surface area (Å²) >= 11 is 0. The number of nitrogens with zero attached hydrogens (tertiary/aromatic N) is 2. The van der Waals surface area contributed by atoms with Crippen LogP contribution in [0.3, 0.4) is 0 Å². The summed E-state index contributed by atoms with van der Waals surface area (Å²) < 4.78 is 25.3. The molecule has 1 aromatic carbocycles. The lowest BCUT2D eigenvalue weighted by atomic mass is 10.2. The van der Waals surface area contributed by atoms with Gasteiger partial charge in [-0.15, -0.1) is 0 Å². The van der Waals surface area contributed by atoms with E-state index < -0.39 is 20.0 Å². The first kappa shape index (κ1) is 14.5. The Labute approximate surface area is 117 Å². The molecule has 108 valence electrons. The number of sulfone groups is 1. The number of hydrogen-bond donors (Lipinski definition) is 0. The van der Waals surface area contributed by atoms with E-state index in [-0.39, 0.29) is 18.0 Å². The van der Waals surface area contributed by atoms with Crippen LogP contribution >= 0.6 is 0 Å². The molecular formula is C13H16N2O4S. The first-order chi connectivity index (χ1) is 9.33. The molecule has 2 rings (SSSR count). The summed E-state index contributed by atoms with van der Waals surface area (Å²) in [5.41, 5.74) is 0.464. The molecule has 1 heterocycles. The summed E-state index contributed by atoms with van der Waals surface area (Å²) in [4.78, 5) is 10.6. The summed E-state index contributed by atoms with van der Waals surface area (Å²) in [5, 5.41) is 11.3. The van der Waals surface area contributed by atoms with Crippen molar-refractivity contribution in [1.29, 1.82) is 0 Å². The van der Waals surface area contributed by atoms with Gasteiger partial charge in [0.2, 0.25) is 0 Å². The fraction of sp³-hybridized carbons (Fsp3) is 0.385. The van der Waals surface area contributed by atoms with E-state index in [0.29, 0.717) is 5.52 Å². The normalized spacial score (nSPS) is 12.2. The number of benzene rings is 1. The van der Waals surface area contributed by atoms with E-state index in [4.69, 9.17) is 0 Å². The third-order valence-electron chi connectivity index (χ3n) is 3.30. The molecule has 1 aromatic heterocycles. The first-order valence-corrected chi connectivity index (χ1v) is 7.98. The molecule has 6 nitrogen and oxygen atoms in total. The highest BCUT2D eigenvalue weighted by Crippen LogP contribution is 2.26. The minimum Gasteiger partial charge on any atom is -0.341 e. The van der Waals surface area contributed by atoms with E-state index in [1.807, 2.05) is 0 Å². The molecule has 0 atom stereocenters. The zero-order chi connectivity index (χ0) is 14.9. The molecule has 0 unspecified atom stereocenters. The van der Waals surface area contributed by atoms with Gasteiger partial charge in [-0.3, -0.25) is 10.1 Å². The Morgan fingerprint density at radius 1 is 1.30 bits per heavy atom. The van der Waals surface area contributed by atoms with Crippen LogP contribution in [-0.4, -0.2) is 28.9 Å². The number of nitro groups is 1. The van der Waals surface area contributed by atoms with Crippen LogP contribution in [-0.2, 0) is 16.4 Å². The van der Waals surface area contributed by atoms with Crippen molar-refractivity contribution in [3.63, 3.8) is 0 Å². The standard InChI is InChI=1S/C13H16N2O4S/c1-10(2)20(18,19)9-8-14-7-6-11-4-3-5-12(13(11)14)15(16)17/h3-7,10H,8-9H2,1-2H3. The largest absolute Gasteiger partial charge is 0.341 e. The molecule has 0 aliphatic carbocycles. The summed E-state index contributed by atoms with van der Waals surface area (Å²) in [7, 11) is -3.17. The summed E-state index contributed by atoms with van der Waals surface area (Å²) in [6.07, 6.45) is 1.69. The van der Waals surface area contributed by atoms with Gasteiger partial charge in [-0.2, -0.15) is 0 Å². The van der Waals surface area contributed by atoms with Crippen LogP contribution in [0.4, 0.5) is 5.69 Å². The van der Waals surface area contributed by atoms with Crippen molar-refractivity contribution >= 4 is 26.4 Å². The van der Waals surface area contributed by atoms with Gasteiger partial charge >= 0.3 is 0 Å². The molecule has 2 aromatic rings. The van der Waals surface area contributed by atoms with Crippen molar-refractivity contribution in [1.82, 2.24) is 4.57 Å². The van der Waals surface area contributed by atoms with Crippen LogP contribution in [0.5, 0.6) is 0 Å². The molecule has 7 heteroatoms. The van der Waals surface area contributed by atoms with Crippen molar-refractivity contribution in [3.05, 3.63) is 40.6 Å². The Morgan fingerprint density at radius 2 is 2.00 bits per heavy atom. The van der Waals surface area contributed by atoms with Crippen molar-refractivity contribution in [3.8, 4) is 0 Å². The summed E-state index contributed by atoms with van der Waals surface area (Å²) in [6.45, 7) is 3.48.